The molecule has 2 nitrogen and oxygen atoms in total. The standard InChI is InChI=1S/C12H19NO/c1-3-10-13-11(14)12(4-2)8-6-5-7-9-12/h1H,4-10H2,2H3,(H,13,14). The Bertz CT molecular complexity index is 233. The summed E-state index contributed by atoms with van der Waals surface area (Å²) in [5.74, 6) is 2.61. The van der Waals surface area contributed by atoms with E-state index in [0.717, 1.165) is 19.3 Å². The first kappa shape index (κ1) is 11.1. The second-order valence-corrected chi connectivity index (χ2v) is 4.08. The Morgan fingerprint density at radius 3 is 2.57 bits per heavy atom. The van der Waals surface area contributed by atoms with Gasteiger partial charge in [0.25, 0.3) is 0 Å². The first-order chi connectivity index (χ1) is 6.75. The van der Waals surface area contributed by atoms with Crippen LogP contribution in [-0.4, -0.2) is 12.5 Å². The van der Waals surface area contributed by atoms with Crippen LogP contribution in [0, 0.1) is 17.8 Å². The lowest BCUT2D eigenvalue weighted by atomic mass is 9.71. The van der Waals surface area contributed by atoms with Gasteiger partial charge in [-0.25, -0.2) is 0 Å². The molecule has 1 N–H and O–H groups in total. The van der Waals surface area contributed by atoms with Crippen molar-refractivity contribution in [3.63, 3.8) is 0 Å². The second kappa shape index (κ2) is 5.05. The summed E-state index contributed by atoms with van der Waals surface area (Å²) in [7, 11) is 0. The van der Waals surface area contributed by atoms with Gasteiger partial charge >= 0.3 is 0 Å². The number of hydrogen-bond donors (Lipinski definition) is 1. The molecule has 0 spiro atoms. The Labute approximate surface area is 86.5 Å². The molecule has 1 amide bonds. The molecule has 0 aliphatic heterocycles. The van der Waals surface area contributed by atoms with E-state index in [9.17, 15) is 4.79 Å². The number of carbonyl (C=O) groups excluding carboxylic acids is 1. The van der Waals surface area contributed by atoms with Gasteiger partial charge in [0.1, 0.15) is 0 Å². The molecule has 1 saturated carbocycles. The van der Waals surface area contributed by atoms with Gasteiger partial charge in [-0.15, -0.1) is 6.42 Å². The normalized spacial score (nSPS) is 19.7. The smallest absolute Gasteiger partial charge is 0.226 e. The minimum absolute atomic E-state index is 0.116. The zero-order valence-electron chi connectivity index (χ0n) is 8.94. The van der Waals surface area contributed by atoms with Crippen LogP contribution >= 0.6 is 0 Å². The van der Waals surface area contributed by atoms with Gasteiger partial charge in [-0.05, 0) is 19.3 Å². The number of nitrogens with one attached hydrogen (secondary N) is 1. The van der Waals surface area contributed by atoms with Crippen LogP contribution in [0.3, 0.4) is 0 Å². The lowest BCUT2D eigenvalue weighted by Gasteiger charge is -2.34. The number of amides is 1. The maximum atomic E-state index is 11.9. The van der Waals surface area contributed by atoms with E-state index in [1.54, 1.807) is 0 Å². The van der Waals surface area contributed by atoms with Crippen molar-refractivity contribution in [2.45, 2.75) is 45.4 Å². The van der Waals surface area contributed by atoms with Gasteiger partial charge in [-0.2, -0.15) is 0 Å². The van der Waals surface area contributed by atoms with Gasteiger partial charge in [0.15, 0.2) is 0 Å². The Morgan fingerprint density at radius 1 is 1.43 bits per heavy atom. The van der Waals surface area contributed by atoms with Gasteiger partial charge in [0.05, 0.1) is 6.54 Å². The van der Waals surface area contributed by atoms with Crippen molar-refractivity contribution >= 4 is 5.91 Å². The Hall–Kier alpha value is -0.970. The average molecular weight is 193 g/mol. The summed E-state index contributed by atoms with van der Waals surface area (Å²) in [5, 5.41) is 2.82. The zero-order chi connectivity index (χ0) is 10.4. The van der Waals surface area contributed by atoms with Gasteiger partial charge < -0.3 is 5.32 Å². The monoisotopic (exact) mass is 193 g/mol. The summed E-state index contributed by atoms with van der Waals surface area (Å²) in [6, 6.07) is 0. The van der Waals surface area contributed by atoms with Crippen LogP contribution in [-0.2, 0) is 4.79 Å². The van der Waals surface area contributed by atoms with E-state index in [2.05, 4.69) is 18.2 Å². The Kier molecular flexibility index (Phi) is 4.00. The average Bonchev–Trinajstić information content (AvgIpc) is 2.26. The molecule has 1 aliphatic rings. The molecule has 0 saturated heterocycles. The largest absolute Gasteiger partial charge is 0.345 e. The van der Waals surface area contributed by atoms with Crippen molar-refractivity contribution in [3.05, 3.63) is 0 Å². The number of rotatable bonds is 3. The van der Waals surface area contributed by atoms with Crippen molar-refractivity contribution in [2.24, 2.45) is 5.41 Å². The van der Waals surface area contributed by atoms with E-state index in [1.165, 1.54) is 19.3 Å². The van der Waals surface area contributed by atoms with Crippen LogP contribution in [0.1, 0.15) is 45.4 Å². The Balaban J connectivity index is 2.58. The van der Waals surface area contributed by atoms with Crippen LogP contribution in [0.4, 0.5) is 0 Å². The van der Waals surface area contributed by atoms with E-state index < -0.39 is 0 Å². The van der Waals surface area contributed by atoms with Crippen LogP contribution in [0.15, 0.2) is 0 Å². The van der Waals surface area contributed by atoms with Crippen molar-refractivity contribution in [2.75, 3.05) is 6.54 Å². The van der Waals surface area contributed by atoms with E-state index in [4.69, 9.17) is 6.42 Å². The van der Waals surface area contributed by atoms with Gasteiger partial charge in [0.2, 0.25) is 5.91 Å². The number of hydrogen-bond acceptors (Lipinski definition) is 1. The van der Waals surface area contributed by atoms with E-state index in [1.807, 2.05) is 0 Å². The molecule has 0 aromatic rings. The predicted octanol–water partition coefficient (Wildman–Crippen LogP) is 2.10. The highest BCUT2D eigenvalue weighted by Crippen LogP contribution is 2.39. The van der Waals surface area contributed by atoms with Crippen molar-refractivity contribution < 1.29 is 4.79 Å². The molecule has 1 aliphatic carbocycles. The van der Waals surface area contributed by atoms with Gasteiger partial charge in [-0.3, -0.25) is 4.79 Å². The summed E-state index contributed by atoms with van der Waals surface area (Å²) in [6.07, 6.45) is 11.7. The molecule has 0 bridgehead atoms. The lowest BCUT2D eigenvalue weighted by molar-refractivity contribution is -0.132. The van der Waals surface area contributed by atoms with Gasteiger partial charge in [0, 0.05) is 5.41 Å². The van der Waals surface area contributed by atoms with E-state index in [-0.39, 0.29) is 11.3 Å². The van der Waals surface area contributed by atoms with Crippen molar-refractivity contribution in [1.82, 2.24) is 5.32 Å². The maximum Gasteiger partial charge on any atom is 0.226 e. The molecule has 0 atom stereocenters. The molecule has 0 radical (unpaired) electrons. The molecule has 0 unspecified atom stereocenters. The third-order valence-electron chi connectivity index (χ3n) is 3.32. The summed E-state index contributed by atoms with van der Waals surface area (Å²) in [5.41, 5.74) is -0.116. The molecule has 0 aromatic carbocycles. The van der Waals surface area contributed by atoms with Crippen molar-refractivity contribution in [3.8, 4) is 12.3 Å². The molecular formula is C12H19NO. The highest BCUT2D eigenvalue weighted by Gasteiger charge is 2.37. The molecule has 78 valence electrons. The molecule has 1 rings (SSSR count). The molecule has 14 heavy (non-hydrogen) atoms. The van der Waals surface area contributed by atoms with Gasteiger partial charge in [-0.1, -0.05) is 32.1 Å². The summed E-state index contributed by atoms with van der Waals surface area (Å²) >= 11 is 0. The lowest BCUT2D eigenvalue weighted by Crippen LogP contribution is -2.42. The number of carbonyl (C=O) groups is 1. The Morgan fingerprint density at radius 2 is 2.07 bits per heavy atom. The third-order valence-corrected chi connectivity index (χ3v) is 3.32. The summed E-state index contributed by atoms with van der Waals surface area (Å²) < 4.78 is 0. The minimum Gasteiger partial charge on any atom is -0.345 e. The molecule has 2 heteroatoms. The fourth-order valence-electron chi connectivity index (χ4n) is 2.29. The highest BCUT2D eigenvalue weighted by atomic mass is 16.2. The topological polar surface area (TPSA) is 29.1 Å². The molecule has 0 aromatic heterocycles. The SMILES string of the molecule is C#CCNC(=O)C1(CC)CCCCC1. The quantitative estimate of drug-likeness (QED) is 0.683. The fraction of sp³-hybridized carbons (Fsp3) is 0.750. The van der Waals surface area contributed by atoms with E-state index >= 15 is 0 Å². The third kappa shape index (κ3) is 2.29. The van der Waals surface area contributed by atoms with Crippen LogP contribution < -0.4 is 5.32 Å². The predicted molar refractivity (Wildman–Crippen MR) is 57.7 cm³/mol. The summed E-state index contributed by atoms with van der Waals surface area (Å²) in [4.78, 5) is 11.9. The number of terminal acetylenes is 1. The summed E-state index contributed by atoms with van der Waals surface area (Å²) in [6.45, 7) is 2.46. The van der Waals surface area contributed by atoms with Crippen molar-refractivity contribution in [1.29, 1.82) is 0 Å². The molecular weight excluding hydrogens is 174 g/mol. The molecule has 0 heterocycles. The fourth-order valence-corrected chi connectivity index (χ4v) is 2.29. The zero-order valence-corrected chi connectivity index (χ0v) is 8.94. The van der Waals surface area contributed by atoms with Crippen LogP contribution in [0.2, 0.25) is 0 Å². The van der Waals surface area contributed by atoms with Crippen LogP contribution in [0.5, 0.6) is 0 Å². The first-order valence-corrected chi connectivity index (χ1v) is 5.47. The maximum absolute atomic E-state index is 11.9. The first-order valence-electron chi connectivity index (χ1n) is 5.47. The molecule has 1 fully saturated rings. The van der Waals surface area contributed by atoms with E-state index in [0.29, 0.717) is 6.54 Å². The minimum atomic E-state index is -0.116. The van der Waals surface area contributed by atoms with Crippen LogP contribution in [0.25, 0.3) is 0 Å². The highest BCUT2D eigenvalue weighted by molar-refractivity contribution is 5.82. The second-order valence-electron chi connectivity index (χ2n) is 4.08.